The summed E-state index contributed by atoms with van der Waals surface area (Å²) in [5.74, 6) is 0.688. The Balaban J connectivity index is 1.92. The Kier molecular flexibility index (Phi) is 4.73. The Labute approximate surface area is 114 Å². The Bertz CT molecular complexity index is 367. The van der Waals surface area contributed by atoms with Crippen LogP contribution in [0.15, 0.2) is 0 Å². The fourth-order valence-corrected chi connectivity index (χ4v) is 3.59. The summed E-state index contributed by atoms with van der Waals surface area (Å²) in [6.07, 6.45) is 6.63. The summed E-state index contributed by atoms with van der Waals surface area (Å²) in [7, 11) is 0. The molecule has 1 N–H and O–H groups in total. The van der Waals surface area contributed by atoms with Crippen LogP contribution in [0.25, 0.3) is 0 Å². The van der Waals surface area contributed by atoms with Crippen molar-refractivity contribution < 1.29 is 0 Å². The van der Waals surface area contributed by atoms with Crippen LogP contribution < -0.4 is 5.32 Å². The van der Waals surface area contributed by atoms with Gasteiger partial charge in [-0.25, -0.2) is 0 Å². The predicted octanol–water partition coefficient (Wildman–Crippen LogP) is 3.51. The summed E-state index contributed by atoms with van der Waals surface area (Å²) in [5, 5.41) is 14.6. The highest BCUT2D eigenvalue weighted by Crippen LogP contribution is 2.39. The zero-order valence-corrected chi connectivity index (χ0v) is 12.6. The van der Waals surface area contributed by atoms with Crippen LogP contribution in [0.3, 0.4) is 0 Å². The molecule has 0 aliphatic heterocycles. The van der Waals surface area contributed by atoms with Gasteiger partial charge < -0.3 is 5.32 Å². The van der Waals surface area contributed by atoms with E-state index in [2.05, 4.69) is 36.3 Å². The fraction of sp³-hybridized carbons (Fsp3) is 0.857. The lowest BCUT2D eigenvalue weighted by Crippen LogP contribution is -2.24. The first kappa shape index (κ1) is 13.9. The maximum Gasteiger partial charge on any atom is 0.131 e. The quantitative estimate of drug-likeness (QED) is 0.887. The van der Waals surface area contributed by atoms with Crippen LogP contribution in [-0.4, -0.2) is 16.7 Å². The molecule has 102 valence electrons. The standard InChI is InChI=1S/C14H25N3S/c1-11(2)9-15-10-12-16-17-13(18-12)14(3)7-5-4-6-8-14/h11,15H,4-10H2,1-3H3. The summed E-state index contributed by atoms with van der Waals surface area (Å²) < 4.78 is 0. The van der Waals surface area contributed by atoms with Gasteiger partial charge in [-0.2, -0.15) is 0 Å². The minimum absolute atomic E-state index is 0.298. The second-order valence-corrected chi connectivity index (χ2v) is 7.21. The maximum absolute atomic E-state index is 4.44. The summed E-state index contributed by atoms with van der Waals surface area (Å²) in [6, 6.07) is 0. The summed E-state index contributed by atoms with van der Waals surface area (Å²) in [6.45, 7) is 8.72. The van der Waals surface area contributed by atoms with Crippen molar-refractivity contribution in [2.75, 3.05) is 6.54 Å². The minimum Gasteiger partial charge on any atom is -0.310 e. The van der Waals surface area contributed by atoms with Crippen molar-refractivity contribution >= 4 is 11.3 Å². The summed E-state index contributed by atoms with van der Waals surface area (Å²) >= 11 is 1.81. The molecular weight excluding hydrogens is 242 g/mol. The van der Waals surface area contributed by atoms with E-state index in [1.54, 1.807) is 11.3 Å². The average molecular weight is 267 g/mol. The van der Waals surface area contributed by atoms with E-state index in [-0.39, 0.29) is 0 Å². The molecule has 1 aromatic heterocycles. The first-order valence-electron chi connectivity index (χ1n) is 7.14. The van der Waals surface area contributed by atoms with E-state index in [0.717, 1.165) is 18.1 Å². The van der Waals surface area contributed by atoms with Crippen LogP contribution in [0.2, 0.25) is 0 Å². The number of rotatable bonds is 5. The van der Waals surface area contributed by atoms with Gasteiger partial charge in [-0.1, -0.05) is 51.4 Å². The SMILES string of the molecule is CC(C)CNCc1nnc(C2(C)CCCCC2)s1. The Morgan fingerprint density at radius 2 is 1.94 bits per heavy atom. The fourth-order valence-electron chi connectivity index (χ4n) is 2.58. The van der Waals surface area contributed by atoms with Crippen molar-refractivity contribution in [2.24, 2.45) is 5.92 Å². The highest BCUT2D eigenvalue weighted by molar-refractivity contribution is 7.11. The van der Waals surface area contributed by atoms with E-state index in [4.69, 9.17) is 0 Å². The van der Waals surface area contributed by atoms with Gasteiger partial charge in [0.15, 0.2) is 0 Å². The van der Waals surface area contributed by atoms with Gasteiger partial charge in [-0.05, 0) is 25.3 Å². The summed E-state index contributed by atoms with van der Waals surface area (Å²) in [5.41, 5.74) is 0.298. The number of hydrogen-bond donors (Lipinski definition) is 1. The van der Waals surface area contributed by atoms with Crippen LogP contribution in [-0.2, 0) is 12.0 Å². The second kappa shape index (κ2) is 6.11. The van der Waals surface area contributed by atoms with Gasteiger partial charge in [0.25, 0.3) is 0 Å². The molecule has 0 bridgehead atoms. The summed E-state index contributed by atoms with van der Waals surface area (Å²) in [4.78, 5) is 0. The molecule has 1 aliphatic rings. The monoisotopic (exact) mass is 267 g/mol. The molecule has 1 aromatic rings. The van der Waals surface area contributed by atoms with Crippen molar-refractivity contribution in [3.63, 3.8) is 0 Å². The molecule has 18 heavy (non-hydrogen) atoms. The lowest BCUT2D eigenvalue weighted by molar-refractivity contribution is 0.317. The lowest BCUT2D eigenvalue weighted by atomic mass is 9.76. The van der Waals surface area contributed by atoms with Gasteiger partial charge in [0, 0.05) is 12.0 Å². The topological polar surface area (TPSA) is 37.8 Å². The average Bonchev–Trinajstić information content (AvgIpc) is 2.79. The Morgan fingerprint density at radius 3 is 2.61 bits per heavy atom. The minimum atomic E-state index is 0.298. The van der Waals surface area contributed by atoms with Crippen molar-refractivity contribution in [1.82, 2.24) is 15.5 Å². The zero-order chi connectivity index (χ0) is 13.0. The van der Waals surface area contributed by atoms with E-state index < -0.39 is 0 Å². The highest BCUT2D eigenvalue weighted by Gasteiger charge is 2.32. The largest absolute Gasteiger partial charge is 0.310 e. The third kappa shape index (κ3) is 3.51. The van der Waals surface area contributed by atoms with E-state index in [1.165, 1.54) is 37.1 Å². The maximum atomic E-state index is 4.44. The van der Waals surface area contributed by atoms with Gasteiger partial charge in [0.2, 0.25) is 0 Å². The third-order valence-corrected chi connectivity index (χ3v) is 5.00. The zero-order valence-electron chi connectivity index (χ0n) is 11.8. The molecule has 1 aliphatic carbocycles. The molecule has 0 aromatic carbocycles. The smallest absolute Gasteiger partial charge is 0.131 e. The molecule has 0 unspecified atom stereocenters. The van der Waals surface area contributed by atoms with Crippen LogP contribution in [0.5, 0.6) is 0 Å². The predicted molar refractivity (Wildman–Crippen MR) is 76.9 cm³/mol. The molecule has 1 fully saturated rings. The van der Waals surface area contributed by atoms with Gasteiger partial charge in [0.1, 0.15) is 10.0 Å². The van der Waals surface area contributed by atoms with E-state index in [9.17, 15) is 0 Å². The molecule has 1 heterocycles. The van der Waals surface area contributed by atoms with Crippen molar-refractivity contribution in [2.45, 2.75) is 64.8 Å². The number of nitrogens with one attached hydrogen (secondary N) is 1. The molecule has 1 saturated carbocycles. The first-order valence-corrected chi connectivity index (χ1v) is 7.95. The number of hydrogen-bond acceptors (Lipinski definition) is 4. The molecule has 4 heteroatoms. The molecule has 2 rings (SSSR count). The Morgan fingerprint density at radius 1 is 1.22 bits per heavy atom. The lowest BCUT2D eigenvalue weighted by Gasteiger charge is -2.30. The van der Waals surface area contributed by atoms with E-state index in [1.807, 2.05) is 0 Å². The normalized spacial score (nSPS) is 19.3. The molecular formula is C14H25N3S. The van der Waals surface area contributed by atoms with E-state index in [0.29, 0.717) is 11.3 Å². The molecule has 0 spiro atoms. The van der Waals surface area contributed by atoms with Crippen molar-refractivity contribution in [3.8, 4) is 0 Å². The Hall–Kier alpha value is -0.480. The number of aromatic nitrogens is 2. The molecule has 0 radical (unpaired) electrons. The van der Waals surface area contributed by atoms with Gasteiger partial charge in [-0.15, -0.1) is 10.2 Å². The second-order valence-electron chi connectivity index (χ2n) is 6.15. The molecule has 0 atom stereocenters. The first-order chi connectivity index (χ1) is 8.60. The van der Waals surface area contributed by atoms with E-state index >= 15 is 0 Å². The number of nitrogens with zero attached hydrogens (tertiary/aromatic N) is 2. The van der Waals surface area contributed by atoms with Gasteiger partial charge >= 0.3 is 0 Å². The van der Waals surface area contributed by atoms with Crippen LogP contribution in [0.4, 0.5) is 0 Å². The molecule has 0 saturated heterocycles. The van der Waals surface area contributed by atoms with Crippen molar-refractivity contribution in [3.05, 3.63) is 10.0 Å². The van der Waals surface area contributed by atoms with Gasteiger partial charge in [-0.3, -0.25) is 0 Å². The van der Waals surface area contributed by atoms with Crippen LogP contribution in [0.1, 0.15) is 62.9 Å². The van der Waals surface area contributed by atoms with Gasteiger partial charge in [0.05, 0.1) is 0 Å². The highest BCUT2D eigenvalue weighted by atomic mass is 32.1. The van der Waals surface area contributed by atoms with Crippen molar-refractivity contribution in [1.29, 1.82) is 0 Å². The molecule has 0 amide bonds. The third-order valence-electron chi connectivity index (χ3n) is 3.77. The van der Waals surface area contributed by atoms with Crippen LogP contribution in [0, 0.1) is 5.92 Å². The molecule has 3 nitrogen and oxygen atoms in total. The van der Waals surface area contributed by atoms with Crippen LogP contribution >= 0.6 is 11.3 Å².